The first kappa shape index (κ1) is 19.3. The van der Waals surface area contributed by atoms with Crippen LogP contribution in [0.15, 0.2) is 0 Å². The molecule has 0 amide bonds. The second kappa shape index (κ2) is 7.05. The fraction of sp³-hybridized carbons (Fsp3) is 0.900. The van der Waals surface area contributed by atoms with Crippen LogP contribution in [0.5, 0.6) is 0 Å². The first-order valence-corrected chi connectivity index (χ1v) is 9.58. The molecule has 0 aromatic rings. The standard InChI is InChI=1S/C20H34O4/c1-6-23-16(21)20(17(22)24-7-2)12-8-11-19(20)13-9-15(10-14-19)18(3,4)5/h15H,6-14H2,1-5H3. The van der Waals surface area contributed by atoms with Gasteiger partial charge in [0, 0.05) is 0 Å². The van der Waals surface area contributed by atoms with Gasteiger partial charge in [-0.05, 0) is 69.1 Å². The molecule has 2 aliphatic rings. The summed E-state index contributed by atoms with van der Waals surface area (Å²) < 4.78 is 10.8. The van der Waals surface area contributed by atoms with Crippen LogP contribution in [-0.4, -0.2) is 25.2 Å². The van der Waals surface area contributed by atoms with Gasteiger partial charge in [0.15, 0.2) is 5.41 Å². The van der Waals surface area contributed by atoms with Crippen LogP contribution in [0.4, 0.5) is 0 Å². The Labute approximate surface area is 146 Å². The van der Waals surface area contributed by atoms with Gasteiger partial charge in [-0.3, -0.25) is 9.59 Å². The van der Waals surface area contributed by atoms with Gasteiger partial charge in [-0.2, -0.15) is 0 Å². The second-order valence-electron chi connectivity index (χ2n) is 8.62. The van der Waals surface area contributed by atoms with Crippen LogP contribution >= 0.6 is 0 Å². The smallest absolute Gasteiger partial charge is 0.324 e. The molecular formula is C20H34O4. The molecule has 138 valence electrons. The topological polar surface area (TPSA) is 52.6 Å². The molecule has 0 aromatic heterocycles. The van der Waals surface area contributed by atoms with Crippen LogP contribution in [0.3, 0.4) is 0 Å². The molecule has 1 spiro atoms. The molecule has 2 fully saturated rings. The summed E-state index contributed by atoms with van der Waals surface area (Å²) in [5, 5.41) is 0. The monoisotopic (exact) mass is 338 g/mol. The third-order valence-electron chi connectivity index (χ3n) is 6.53. The Balaban J connectivity index is 2.33. The van der Waals surface area contributed by atoms with Gasteiger partial charge in [0.25, 0.3) is 0 Å². The molecule has 0 atom stereocenters. The number of rotatable bonds is 4. The molecule has 0 heterocycles. The van der Waals surface area contributed by atoms with Crippen molar-refractivity contribution in [3.05, 3.63) is 0 Å². The van der Waals surface area contributed by atoms with Crippen LogP contribution in [0.1, 0.15) is 79.6 Å². The maximum absolute atomic E-state index is 12.9. The van der Waals surface area contributed by atoms with E-state index in [9.17, 15) is 9.59 Å². The first-order chi connectivity index (χ1) is 11.2. The normalized spacial score (nSPS) is 29.5. The van der Waals surface area contributed by atoms with Crippen LogP contribution in [0.25, 0.3) is 0 Å². The number of esters is 2. The van der Waals surface area contributed by atoms with Gasteiger partial charge in [0.05, 0.1) is 13.2 Å². The Kier molecular flexibility index (Phi) is 5.66. The lowest BCUT2D eigenvalue weighted by atomic mass is 9.55. The van der Waals surface area contributed by atoms with Crippen molar-refractivity contribution in [3.63, 3.8) is 0 Å². The summed E-state index contributed by atoms with van der Waals surface area (Å²) in [5.74, 6) is -0.0591. The van der Waals surface area contributed by atoms with Crippen molar-refractivity contribution in [1.29, 1.82) is 0 Å². The summed E-state index contributed by atoms with van der Waals surface area (Å²) in [7, 11) is 0. The summed E-state index contributed by atoms with van der Waals surface area (Å²) >= 11 is 0. The van der Waals surface area contributed by atoms with Crippen molar-refractivity contribution < 1.29 is 19.1 Å². The predicted molar refractivity (Wildman–Crippen MR) is 93.4 cm³/mol. The molecule has 0 saturated heterocycles. The van der Waals surface area contributed by atoms with Crippen LogP contribution < -0.4 is 0 Å². The number of hydrogen-bond donors (Lipinski definition) is 0. The predicted octanol–water partition coefficient (Wildman–Crippen LogP) is 4.51. The van der Waals surface area contributed by atoms with Gasteiger partial charge in [-0.25, -0.2) is 0 Å². The van der Waals surface area contributed by atoms with Gasteiger partial charge in [-0.15, -0.1) is 0 Å². The number of carbonyl (C=O) groups is 2. The Morgan fingerprint density at radius 2 is 1.42 bits per heavy atom. The largest absolute Gasteiger partial charge is 0.465 e. The Morgan fingerprint density at radius 3 is 1.83 bits per heavy atom. The summed E-state index contributed by atoms with van der Waals surface area (Å²) in [6, 6.07) is 0. The van der Waals surface area contributed by atoms with E-state index in [0.29, 0.717) is 25.6 Å². The lowest BCUT2D eigenvalue weighted by molar-refractivity contribution is -0.184. The third kappa shape index (κ3) is 3.09. The average molecular weight is 338 g/mol. The molecule has 0 unspecified atom stereocenters. The van der Waals surface area contributed by atoms with E-state index < -0.39 is 5.41 Å². The van der Waals surface area contributed by atoms with Crippen LogP contribution in [0.2, 0.25) is 0 Å². The van der Waals surface area contributed by atoms with Gasteiger partial charge >= 0.3 is 11.9 Å². The highest BCUT2D eigenvalue weighted by Gasteiger charge is 2.66. The minimum absolute atomic E-state index is 0.271. The van der Waals surface area contributed by atoms with Gasteiger partial charge in [0.2, 0.25) is 0 Å². The number of carbonyl (C=O) groups excluding carboxylic acids is 2. The molecule has 2 aliphatic carbocycles. The van der Waals surface area contributed by atoms with E-state index in [0.717, 1.165) is 38.5 Å². The second-order valence-corrected chi connectivity index (χ2v) is 8.62. The Bertz CT molecular complexity index is 449. The third-order valence-corrected chi connectivity index (χ3v) is 6.53. The molecule has 0 radical (unpaired) electrons. The van der Waals surface area contributed by atoms with Gasteiger partial charge in [-0.1, -0.05) is 27.2 Å². The van der Waals surface area contributed by atoms with E-state index in [1.807, 2.05) is 0 Å². The van der Waals surface area contributed by atoms with Crippen molar-refractivity contribution in [2.45, 2.75) is 79.6 Å². The van der Waals surface area contributed by atoms with E-state index in [-0.39, 0.29) is 22.8 Å². The molecule has 0 bridgehead atoms. The molecule has 0 aliphatic heterocycles. The van der Waals surface area contributed by atoms with E-state index in [1.165, 1.54) is 0 Å². The molecule has 4 heteroatoms. The quantitative estimate of drug-likeness (QED) is 0.559. The molecule has 0 N–H and O–H groups in total. The van der Waals surface area contributed by atoms with Gasteiger partial charge < -0.3 is 9.47 Å². The van der Waals surface area contributed by atoms with Gasteiger partial charge in [0.1, 0.15) is 0 Å². The maximum atomic E-state index is 12.9. The number of hydrogen-bond acceptors (Lipinski definition) is 4. The number of ether oxygens (including phenoxy) is 2. The SMILES string of the molecule is CCOC(=O)C1(C(=O)OCC)CCCC12CCC(C(C)(C)C)CC2. The molecule has 4 nitrogen and oxygen atoms in total. The zero-order chi connectivity index (χ0) is 18.0. The Hall–Kier alpha value is -1.06. The van der Waals surface area contributed by atoms with Crippen LogP contribution in [-0.2, 0) is 19.1 Å². The first-order valence-electron chi connectivity index (χ1n) is 9.58. The van der Waals surface area contributed by atoms with E-state index >= 15 is 0 Å². The Morgan fingerprint density at radius 1 is 0.917 bits per heavy atom. The van der Waals surface area contributed by atoms with E-state index in [1.54, 1.807) is 13.8 Å². The minimum Gasteiger partial charge on any atom is -0.465 e. The van der Waals surface area contributed by atoms with Crippen molar-refractivity contribution in [1.82, 2.24) is 0 Å². The van der Waals surface area contributed by atoms with E-state index in [4.69, 9.17) is 9.47 Å². The summed E-state index contributed by atoms with van der Waals surface area (Å²) in [5.41, 5.74) is -1.08. The zero-order valence-electron chi connectivity index (χ0n) is 16.1. The van der Waals surface area contributed by atoms with Crippen LogP contribution in [0, 0.1) is 22.2 Å². The van der Waals surface area contributed by atoms with Crippen molar-refractivity contribution in [2.75, 3.05) is 13.2 Å². The van der Waals surface area contributed by atoms with Crippen molar-refractivity contribution in [2.24, 2.45) is 22.2 Å². The summed E-state index contributed by atoms with van der Waals surface area (Å²) in [4.78, 5) is 25.8. The lowest BCUT2D eigenvalue weighted by Gasteiger charge is -2.48. The summed E-state index contributed by atoms with van der Waals surface area (Å²) in [6.07, 6.45) is 6.40. The highest BCUT2D eigenvalue weighted by atomic mass is 16.6. The highest BCUT2D eigenvalue weighted by molar-refractivity contribution is 6.01. The highest BCUT2D eigenvalue weighted by Crippen LogP contribution is 2.63. The molecule has 2 saturated carbocycles. The molecule has 24 heavy (non-hydrogen) atoms. The fourth-order valence-electron chi connectivity index (χ4n) is 5.11. The summed E-state index contributed by atoms with van der Waals surface area (Å²) in [6.45, 7) is 11.1. The average Bonchev–Trinajstić information content (AvgIpc) is 2.87. The van der Waals surface area contributed by atoms with Crippen molar-refractivity contribution in [3.8, 4) is 0 Å². The molecule has 0 aromatic carbocycles. The zero-order valence-corrected chi connectivity index (χ0v) is 16.1. The molecular weight excluding hydrogens is 304 g/mol. The lowest BCUT2D eigenvalue weighted by Crippen LogP contribution is -2.53. The molecule has 2 rings (SSSR count). The minimum atomic E-state index is -1.08. The fourth-order valence-corrected chi connectivity index (χ4v) is 5.11. The van der Waals surface area contributed by atoms with Crippen molar-refractivity contribution >= 4 is 11.9 Å². The maximum Gasteiger partial charge on any atom is 0.324 e. The van der Waals surface area contributed by atoms with E-state index in [2.05, 4.69) is 20.8 Å².